The lowest BCUT2D eigenvalue weighted by Crippen LogP contribution is -2.48. The standard InChI is InChI=1S/C20H24N4O3/c1-14(2)19(26)22-18-12-15(6-7-21-18)20(27)24-10-8-23(9-11-24)16-4-3-5-17(25)13-16/h3-7,12-14,25H,8-11H2,1-2H3,(H,21,22,26). The summed E-state index contributed by atoms with van der Waals surface area (Å²) in [6.45, 7) is 6.16. The van der Waals surface area contributed by atoms with Gasteiger partial charge in [-0.25, -0.2) is 4.98 Å². The molecule has 1 saturated heterocycles. The summed E-state index contributed by atoms with van der Waals surface area (Å²) in [4.78, 5) is 32.7. The molecule has 1 fully saturated rings. The SMILES string of the molecule is CC(C)C(=O)Nc1cc(C(=O)N2CCN(c3cccc(O)c3)CC2)ccn1. The van der Waals surface area contributed by atoms with Gasteiger partial charge in [0.1, 0.15) is 11.6 Å². The minimum Gasteiger partial charge on any atom is -0.508 e. The average molecular weight is 368 g/mol. The van der Waals surface area contributed by atoms with E-state index < -0.39 is 0 Å². The average Bonchev–Trinajstić information content (AvgIpc) is 2.67. The molecule has 1 aromatic heterocycles. The molecule has 0 saturated carbocycles. The molecule has 2 aromatic rings. The van der Waals surface area contributed by atoms with E-state index in [2.05, 4.69) is 15.2 Å². The number of hydrogen-bond donors (Lipinski definition) is 2. The summed E-state index contributed by atoms with van der Waals surface area (Å²) in [6, 6.07) is 10.4. The molecule has 0 atom stereocenters. The lowest BCUT2D eigenvalue weighted by atomic mass is 10.2. The van der Waals surface area contributed by atoms with Crippen LogP contribution < -0.4 is 10.2 Å². The number of nitrogens with zero attached hydrogens (tertiary/aromatic N) is 3. The number of carbonyl (C=O) groups excluding carboxylic acids is 2. The van der Waals surface area contributed by atoms with E-state index in [1.807, 2.05) is 12.1 Å². The zero-order valence-electron chi connectivity index (χ0n) is 15.6. The monoisotopic (exact) mass is 368 g/mol. The Hall–Kier alpha value is -3.09. The molecular weight excluding hydrogens is 344 g/mol. The van der Waals surface area contributed by atoms with E-state index in [1.165, 1.54) is 6.20 Å². The summed E-state index contributed by atoms with van der Waals surface area (Å²) in [6.07, 6.45) is 1.53. The van der Waals surface area contributed by atoms with Crippen molar-refractivity contribution in [3.05, 3.63) is 48.2 Å². The van der Waals surface area contributed by atoms with Crippen LogP contribution in [-0.4, -0.2) is 53.0 Å². The number of amides is 2. The number of phenolic OH excluding ortho intramolecular Hbond substituents is 1. The fourth-order valence-electron chi connectivity index (χ4n) is 2.94. The van der Waals surface area contributed by atoms with E-state index in [1.54, 1.807) is 43.0 Å². The summed E-state index contributed by atoms with van der Waals surface area (Å²) >= 11 is 0. The second kappa shape index (κ2) is 8.07. The van der Waals surface area contributed by atoms with Crippen molar-refractivity contribution in [1.29, 1.82) is 0 Å². The Morgan fingerprint density at radius 3 is 2.52 bits per heavy atom. The predicted octanol–water partition coefficient (Wildman–Crippen LogP) is 2.34. The minimum atomic E-state index is -0.156. The number of rotatable bonds is 4. The highest BCUT2D eigenvalue weighted by atomic mass is 16.3. The molecular formula is C20H24N4O3. The van der Waals surface area contributed by atoms with Crippen LogP contribution in [0.3, 0.4) is 0 Å². The molecule has 7 heteroatoms. The lowest BCUT2D eigenvalue weighted by molar-refractivity contribution is -0.118. The number of benzene rings is 1. The maximum Gasteiger partial charge on any atom is 0.254 e. The summed E-state index contributed by atoms with van der Waals surface area (Å²) in [7, 11) is 0. The molecule has 142 valence electrons. The molecule has 7 nitrogen and oxygen atoms in total. The van der Waals surface area contributed by atoms with E-state index in [0.29, 0.717) is 37.6 Å². The Balaban J connectivity index is 1.63. The van der Waals surface area contributed by atoms with Crippen LogP contribution in [0.4, 0.5) is 11.5 Å². The maximum absolute atomic E-state index is 12.8. The summed E-state index contributed by atoms with van der Waals surface area (Å²) in [5.74, 6) is 0.258. The van der Waals surface area contributed by atoms with E-state index in [9.17, 15) is 14.7 Å². The van der Waals surface area contributed by atoms with Crippen LogP contribution in [0.1, 0.15) is 24.2 Å². The second-order valence-electron chi connectivity index (χ2n) is 6.87. The number of hydrogen-bond acceptors (Lipinski definition) is 5. The molecule has 0 bridgehead atoms. The van der Waals surface area contributed by atoms with Crippen molar-refractivity contribution >= 4 is 23.3 Å². The maximum atomic E-state index is 12.8. The first-order valence-corrected chi connectivity index (χ1v) is 9.04. The van der Waals surface area contributed by atoms with Gasteiger partial charge in [0.25, 0.3) is 5.91 Å². The van der Waals surface area contributed by atoms with Gasteiger partial charge in [0.05, 0.1) is 0 Å². The van der Waals surface area contributed by atoms with Gasteiger partial charge in [0.15, 0.2) is 0 Å². The van der Waals surface area contributed by atoms with Crippen molar-refractivity contribution in [2.45, 2.75) is 13.8 Å². The Morgan fingerprint density at radius 1 is 1.11 bits per heavy atom. The van der Waals surface area contributed by atoms with Crippen molar-refractivity contribution in [2.24, 2.45) is 5.92 Å². The lowest BCUT2D eigenvalue weighted by Gasteiger charge is -2.36. The minimum absolute atomic E-state index is 0.0759. The molecule has 1 aromatic carbocycles. The molecule has 27 heavy (non-hydrogen) atoms. The van der Waals surface area contributed by atoms with Crippen LogP contribution >= 0.6 is 0 Å². The van der Waals surface area contributed by atoms with Crippen molar-refractivity contribution in [3.63, 3.8) is 0 Å². The number of aromatic nitrogens is 1. The third kappa shape index (κ3) is 4.55. The van der Waals surface area contributed by atoms with Crippen LogP contribution in [0.15, 0.2) is 42.6 Å². The van der Waals surface area contributed by atoms with Crippen LogP contribution in [0.25, 0.3) is 0 Å². The van der Waals surface area contributed by atoms with Crippen LogP contribution in [0.2, 0.25) is 0 Å². The van der Waals surface area contributed by atoms with E-state index in [4.69, 9.17) is 0 Å². The first-order valence-electron chi connectivity index (χ1n) is 9.04. The fourth-order valence-corrected chi connectivity index (χ4v) is 2.94. The Labute approximate surface area is 158 Å². The van der Waals surface area contributed by atoms with Gasteiger partial charge in [0.2, 0.25) is 5.91 Å². The van der Waals surface area contributed by atoms with Crippen LogP contribution in [0, 0.1) is 5.92 Å². The highest BCUT2D eigenvalue weighted by Crippen LogP contribution is 2.22. The molecule has 1 aliphatic rings. The number of phenols is 1. The van der Waals surface area contributed by atoms with E-state index >= 15 is 0 Å². The van der Waals surface area contributed by atoms with Gasteiger partial charge in [-0.05, 0) is 24.3 Å². The van der Waals surface area contributed by atoms with Crippen molar-refractivity contribution in [1.82, 2.24) is 9.88 Å². The Morgan fingerprint density at radius 2 is 1.85 bits per heavy atom. The van der Waals surface area contributed by atoms with Gasteiger partial charge in [-0.1, -0.05) is 19.9 Å². The second-order valence-corrected chi connectivity index (χ2v) is 6.87. The first kappa shape index (κ1) is 18.7. The number of aromatic hydroxyl groups is 1. The van der Waals surface area contributed by atoms with E-state index in [0.717, 1.165) is 5.69 Å². The Kier molecular flexibility index (Phi) is 5.59. The van der Waals surface area contributed by atoms with Crippen LogP contribution in [-0.2, 0) is 4.79 Å². The van der Waals surface area contributed by atoms with Gasteiger partial charge >= 0.3 is 0 Å². The predicted molar refractivity (Wildman–Crippen MR) is 104 cm³/mol. The van der Waals surface area contributed by atoms with E-state index in [-0.39, 0.29) is 23.5 Å². The zero-order chi connectivity index (χ0) is 19.4. The quantitative estimate of drug-likeness (QED) is 0.865. The molecule has 0 aliphatic carbocycles. The van der Waals surface area contributed by atoms with Gasteiger partial charge < -0.3 is 20.2 Å². The van der Waals surface area contributed by atoms with Crippen molar-refractivity contribution in [3.8, 4) is 5.75 Å². The fraction of sp³-hybridized carbons (Fsp3) is 0.350. The molecule has 3 rings (SSSR count). The molecule has 2 N–H and O–H groups in total. The van der Waals surface area contributed by atoms with Gasteiger partial charge in [-0.3, -0.25) is 9.59 Å². The molecule has 2 heterocycles. The largest absolute Gasteiger partial charge is 0.508 e. The summed E-state index contributed by atoms with van der Waals surface area (Å²) < 4.78 is 0. The van der Waals surface area contributed by atoms with Crippen molar-refractivity contribution < 1.29 is 14.7 Å². The summed E-state index contributed by atoms with van der Waals surface area (Å²) in [5.41, 5.74) is 1.46. The highest BCUT2D eigenvalue weighted by Gasteiger charge is 2.23. The molecule has 0 radical (unpaired) electrons. The molecule has 0 spiro atoms. The number of nitrogens with one attached hydrogen (secondary N) is 1. The Bertz CT molecular complexity index is 829. The molecule has 1 aliphatic heterocycles. The number of pyridine rings is 1. The molecule has 2 amide bonds. The normalized spacial score (nSPS) is 14.3. The summed E-state index contributed by atoms with van der Waals surface area (Å²) in [5, 5.41) is 12.3. The van der Waals surface area contributed by atoms with Gasteiger partial charge in [-0.2, -0.15) is 0 Å². The third-order valence-corrected chi connectivity index (χ3v) is 4.54. The highest BCUT2D eigenvalue weighted by molar-refractivity contribution is 5.97. The number of anilines is 2. The molecule has 0 unspecified atom stereocenters. The topological polar surface area (TPSA) is 85.8 Å². The van der Waals surface area contributed by atoms with Gasteiger partial charge in [-0.15, -0.1) is 0 Å². The number of carbonyl (C=O) groups is 2. The van der Waals surface area contributed by atoms with Crippen molar-refractivity contribution in [2.75, 3.05) is 36.4 Å². The third-order valence-electron chi connectivity index (χ3n) is 4.54. The smallest absolute Gasteiger partial charge is 0.254 e. The first-order chi connectivity index (χ1) is 12.9. The number of piperazine rings is 1. The van der Waals surface area contributed by atoms with Crippen LogP contribution in [0.5, 0.6) is 5.75 Å². The zero-order valence-corrected chi connectivity index (χ0v) is 15.6. The van der Waals surface area contributed by atoms with Gasteiger partial charge in [0, 0.05) is 55.6 Å².